The van der Waals surface area contributed by atoms with E-state index < -0.39 is 0 Å². The van der Waals surface area contributed by atoms with E-state index in [2.05, 4.69) is 12.2 Å². The summed E-state index contributed by atoms with van der Waals surface area (Å²) >= 11 is 0. The maximum absolute atomic E-state index is 11.7. The molecule has 0 bridgehead atoms. The molecule has 0 saturated heterocycles. The van der Waals surface area contributed by atoms with Crippen molar-refractivity contribution in [2.24, 2.45) is 11.7 Å². The van der Waals surface area contributed by atoms with Gasteiger partial charge < -0.3 is 16.0 Å². The summed E-state index contributed by atoms with van der Waals surface area (Å²) in [6, 6.07) is 0. The molecule has 5 heteroatoms. The van der Waals surface area contributed by atoms with Crippen molar-refractivity contribution < 1.29 is 9.59 Å². The molecule has 0 spiro atoms. The first kappa shape index (κ1) is 18.9. The molecule has 0 rings (SSSR count). The van der Waals surface area contributed by atoms with E-state index in [0.717, 1.165) is 25.7 Å². The summed E-state index contributed by atoms with van der Waals surface area (Å²) in [5.41, 5.74) is 5.58. The third-order valence-electron chi connectivity index (χ3n) is 3.60. The normalized spacial score (nSPS) is 12.0. The van der Waals surface area contributed by atoms with Crippen LogP contribution in [0.4, 0.5) is 0 Å². The number of nitrogens with one attached hydrogen (secondary N) is 1. The summed E-state index contributed by atoms with van der Waals surface area (Å²) < 4.78 is 0. The van der Waals surface area contributed by atoms with Gasteiger partial charge in [-0.25, -0.2) is 0 Å². The number of hydrogen-bond donors (Lipinski definition) is 2. The molecule has 0 aliphatic carbocycles. The van der Waals surface area contributed by atoms with Crippen LogP contribution < -0.4 is 11.1 Å². The third-order valence-corrected chi connectivity index (χ3v) is 3.60. The van der Waals surface area contributed by atoms with Gasteiger partial charge in [-0.05, 0) is 39.2 Å². The molecule has 0 aliphatic heterocycles. The van der Waals surface area contributed by atoms with E-state index in [1.54, 1.807) is 4.90 Å². The van der Waals surface area contributed by atoms with E-state index in [1.165, 1.54) is 0 Å². The molecule has 2 amide bonds. The predicted molar refractivity (Wildman–Crippen MR) is 82.2 cm³/mol. The zero-order valence-corrected chi connectivity index (χ0v) is 13.3. The minimum atomic E-state index is -0.0383. The lowest BCUT2D eigenvalue weighted by molar-refractivity contribution is -0.132. The lowest BCUT2D eigenvalue weighted by atomic mass is 9.94. The molecule has 3 N–H and O–H groups in total. The Labute approximate surface area is 123 Å². The molecule has 118 valence electrons. The monoisotopic (exact) mass is 285 g/mol. The van der Waals surface area contributed by atoms with Crippen molar-refractivity contribution in [3.63, 3.8) is 0 Å². The number of rotatable bonds is 11. The quantitative estimate of drug-likeness (QED) is 0.604. The van der Waals surface area contributed by atoms with Crippen LogP contribution in [0.2, 0.25) is 0 Å². The van der Waals surface area contributed by atoms with E-state index >= 15 is 0 Å². The minimum Gasteiger partial charge on any atom is -0.347 e. The van der Waals surface area contributed by atoms with E-state index in [9.17, 15) is 9.59 Å². The molecule has 0 aromatic rings. The van der Waals surface area contributed by atoms with E-state index in [1.807, 2.05) is 13.8 Å². The van der Waals surface area contributed by atoms with Crippen molar-refractivity contribution in [2.45, 2.75) is 52.9 Å². The number of nitrogens with two attached hydrogens (primary N) is 1. The number of carbonyl (C=O) groups is 2. The van der Waals surface area contributed by atoms with Gasteiger partial charge in [0.05, 0.1) is 6.54 Å². The molecule has 1 unspecified atom stereocenters. The van der Waals surface area contributed by atoms with E-state index in [0.29, 0.717) is 32.0 Å². The molecular weight excluding hydrogens is 254 g/mol. The van der Waals surface area contributed by atoms with Gasteiger partial charge in [0.2, 0.25) is 11.8 Å². The number of carbonyl (C=O) groups excluding carboxylic acids is 2. The first-order valence-electron chi connectivity index (χ1n) is 7.83. The molecule has 0 aliphatic rings. The lowest BCUT2D eigenvalue weighted by Crippen LogP contribution is -2.40. The molecule has 5 nitrogen and oxygen atoms in total. The topological polar surface area (TPSA) is 75.4 Å². The van der Waals surface area contributed by atoms with Crippen LogP contribution in [0.15, 0.2) is 0 Å². The average Bonchev–Trinajstić information content (AvgIpc) is 2.44. The van der Waals surface area contributed by atoms with Crippen molar-refractivity contribution in [3.8, 4) is 0 Å². The maximum atomic E-state index is 11.7. The Balaban J connectivity index is 3.95. The molecule has 0 heterocycles. The van der Waals surface area contributed by atoms with Crippen molar-refractivity contribution in [1.29, 1.82) is 0 Å². The number of nitrogens with zero attached hydrogens (tertiary/aromatic N) is 1. The standard InChI is InChI=1S/C15H31N3O2/c1-4-7-13(10-11-16)8-9-14(19)17-12-15(20)18(5-2)6-3/h13H,4-12,16H2,1-3H3,(H,17,19). The highest BCUT2D eigenvalue weighted by atomic mass is 16.2. The molecule has 0 saturated carbocycles. The Hall–Kier alpha value is -1.10. The van der Waals surface area contributed by atoms with Crippen molar-refractivity contribution >= 4 is 11.8 Å². The fraction of sp³-hybridized carbons (Fsp3) is 0.867. The van der Waals surface area contributed by atoms with Gasteiger partial charge in [-0.15, -0.1) is 0 Å². The van der Waals surface area contributed by atoms with Gasteiger partial charge in [0, 0.05) is 19.5 Å². The summed E-state index contributed by atoms with van der Waals surface area (Å²) in [6.45, 7) is 8.16. The molecule has 0 aromatic heterocycles. The lowest BCUT2D eigenvalue weighted by Gasteiger charge is -2.19. The SMILES string of the molecule is CCCC(CCN)CCC(=O)NCC(=O)N(CC)CC. The van der Waals surface area contributed by atoms with E-state index in [-0.39, 0.29) is 18.4 Å². The van der Waals surface area contributed by atoms with Gasteiger partial charge in [-0.1, -0.05) is 19.8 Å². The summed E-state index contributed by atoms with van der Waals surface area (Å²) in [7, 11) is 0. The fourth-order valence-electron chi connectivity index (χ4n) is 2.36. The van der Waals surface area contributed by atoms with Gasteiger partial charge in [0.25, 0.3) is 0 Å². The summed E-state index contributed by atoms with van der Waals surface area (Å²) in [6.07, 6.45) is 4.54. The molecule has 20 heavy (non-hydrogen) atoms. The first-order chi connectivity index (χ1) is 9.58. The first-order valence-corrected chi connectivity index (χ1v) is 7.83. The molecule has 0 aromatic carbocycles. The number of likely N-dealkylation sites (N-methyl/N-ethyl adjacent to an activating group) is 1. The second-order valence-electron chi connectivity index (χ2n) is 5.11. The Morgan fingerprint density at radius 3 is 2.25 bits per heavy atom. The van der Waals surface area contributed by atoms with Crippen LogP contribution in [0.3, 0.4) is 0 Å². The van der Waals surface area contributed by atoms with Crippen LogP contribution >= 0.6 is 0 Å². The van der Waals surface area contributed by atoms with Crippen LogP contribution in [-0.2, 0) is 9.59 Å². The van der Waals surface area contributed by atoms with Crippen LogP contribution in [0.5, 0.6) is 0 Å². The Morgan fingerprint density at radius 1 is 1.10 bits per heavy atom. The van der Waals surface area contributed by atoms with Crippen LogP contribution in [0, 0.1) is 5.92 Å². The van der Waals surface area contributed by atoms with Gasteiger partial charge in [0.15, 0.2) is 0 Å². The zero-order chi connectivity index (χ0) is 15.4. The molecule has 1 atom stereocenters. The highest BCUT2D eigenvalue weighted by molar-refractivity contribution is 5.84. The van der Waals surface area contributed by atoms with Gasteiger partial charge in [-0.3, -0.25) is 9.59 Å². The van der Waals surface area contributed by atoms with Gasteiger partial charge >= 0.3 is 0 Å². The van der Waals surface area contributed by atoms with Crippen LogP contribution in [0.25, 0.3) is 0 Å². The third kappa shape index (κ3) is 8.15. The molecule has 0 fully saturated rings. The Morgan fingerprint density at radius 2 is 1.75 bits per heavy atom. The summed E-state index contributed by atoms with van der Waals surface area (Å²) in [4.78, 5) is 25.2. The van der Waals surface area contributed by atoms with Crippen molar-refractivity contribution in [3.05, 3.63) is 0 Å². The maximum Gasteiger partial charge on any atom is 0.241 e. The highest BCUT2D eigenvalue weighted by Gasteiger charge is 2.13. The average molecular weight is 285 g/mol. The molecular formula is C15H31N3O2. The smallest absolute Gasteiger partial charge is 0.241 e. The number of hydrogen-bond acceptors (Lipinski definition) is 3. The summed E-state index contributed by atoms with van der Waals surface area (Å²) in [5.74, 6) is 0.466. The van der Waals surface area contributed by atoms with E-state index in [4.69, 9.17) is 5.73 Å². The largest absolute Gasteiger partial charge is 0.347 e. The second-order valence-corrected chi connectivity index (χ2v) is 5.11. The van der Waals surface area contributed by atoms with Crippen LogP contribution in [-0.4, -0.2) is 42.9 Å². The molecule has 0 radical (unpaired) electrons. The fourth-order valence-corrected chi connectivity index (χ4v) is 2.36. The zero-order valence-electron chi connectivity index (χ0n) is 13.3. The van der Waals surface area contributed by atoms with Crippen LogP contribution in [0.1, 0.15) is 52.9 Å². The summed E-state index contributed by atoms with van der Waals surface area (Å²) in [5, 5.41) is 2.71. The second kappa shape index (κ2) is 11.7. The minimum absolute atomic E-state index is 0.0181. The Kier molecular flexibility index (Phi) is 11.1. The van der Waals surface area contributed by atoms with Gasteiger partial charge in [-0.2, -0.15) is 0 Å². The Bertz CT molecular complexity index is 272. The van der Waals surface area contributed by atoms with Gasteiger partial charge in [0.1, 0.15) is 0 Å². The highest BCUT2D eigenvalue weighted by Crippen LogP contribution is 2.16. The van der Waals surface area contributed by atoms with Crippen molar-refractivity contribution in [2.75, 3.05) is 26.2 Å². The predicted octanol–water partition coefficient (Wildman–Crippen LogP) is 1.52. The number of amides is 2. The van der Waals surface area contributed by atoms with Crippen molar-refractivity contribution in [1.82, 2.24) is 10.2 Å².